The molecule has 0 N–H and O–H groups in total. The van der Waals surface area contributed by atoms with Crippen LogP contribution in [0.25, 0.3) is 0 Å². The molecule has 0 aliphatic rings. The SMILES string of the molecule is C.C.C.C.CCCC.CCc1ccc(CC)cc1.CCc1cccc(C)c1.Cc1ccc(C)cc1.Cc1cccc(C)c1. The van der Waals surface area contributed by atoms with Crippen LogP contribution in [0.15, 0.2) is 97.1 Å². The van der Waals surface area contributed by atoms with Gasteiger partial charge in [-0.2, -0.15) is 0 Å². The minimum Gasteiger partial charge on any atom is -0.0776 e. The minimum atomic E-state index is 0. The second-order valence-corrected chi connectivity index (χ2v) is 10.2. The van der Waals surface area contributed by atoms with Gasteiger partial charge in [-0.3, -0.25) is 0 Å². The fourth-order valence-corrected chi connectivity index (χ4v) is 3.39. The van der Waals surface area contributed by atoms with Gasteiger partial charge in [-0.15, -0.1) is 0 Å². The van der Waals surface area contributed by atoms with Gasteiger partial charge in [-0.25, -0.2) is 0 Å². The molecule has 0 saturated carbocycles. The third-order valence-electron chi connectivity index (χ3n) is 6.22. The smallest absolute Gasteiger partial charge is 0.0307 e. The molecule has 0 aliphatic heterocycles. The largest absolute Gasteiger partial charge is 0.0776 e. The average molecular weight is 589 g/mol. The van der Waals surface area contributed by atoms with Gasteiger partial charge in [0.1, 0.15) is 0 Å². The molecule has 0 radical (unpaired) electrons. The normalized spacial score (nSPS) is 8.42. The number of hydrogen-bond acceptors (Lipinski definition) is 0. The summed E-state index contributed by atoms with van der Waals surface area (Å²) in [4.78, 5) is 0. The Balaban J connectivity index is -0.000000140. The molecule has 0 aliphatic carbocycles. The van der Waals surface area contributed by atoms with Gasteiger partial charge in [0.05, 0.1) is 0 Å². The molecule has 244 valence electrons. The van der Waals surface area contributed by atoms with Gasteiger partial charge >= 0.3 is 0 Å². The van der Waals surface area contributed by atoms with E-state index in [0.29, 0.717) is 0 Å². The fraction of sp³-hybridized carbons (Fsp3) is 0.442. The molecule has 43 heavy (non-hydrogen) atoms. The maximum absolute atomic E-state index is 2.22. The van der Waals surface area contributed by atoms with E-state index in [1.54, 1.807) is 0 Å². The predicted molar refractivity (Wildman–Crippen MR) is 205 cm³/mol. The summed E-state index contributed by atoms with van der Waals surface area (Å²) in [5, 5.41) is 0. The molecule has 4 rings (SSSR count). The van der Waals surface area contributed by atoms with Gasteiger partial charge in [0.15, 0.2) is 0 Å². The number of hydrogen-bond donors (Lipinski definition) is 0. The van der Waals surface area contributed by atoms with E-state index >= 15 is 0 Å². The first-order valence-electron chi connectivity index (χ1n) is 14.9. The summed E-state index contributed by atoms with van der Waals surface area (Å²) in [7, 11) is 0. The van der Waals surface area contributed by atoms with Crippen LogP contribution in [0, 0.1) is 34.6 Å². The maximum Gasteiger partial charge on any atom is -0.0307 e. The molecule has 4 aromatic rings. The molecule has 0 aromatic heterocycles. The third-order valence-corrected chi connectivity index (χ3v) is 6.22. The molecular weight excluding hydrogens is 516 g/mol. The fourth-order valence-electron chi connectivity index (χ4n) is 3.39. The predicted octanol–water partition coefficient (Wildman–Crippen LogP) is 14.3. The van der Waals surface area contributed by atoms with Gasteiger partial charge < -0.3 is 0 Å². The maximum atomic E-state index is 2.22. The van der Waals surface area contributed by atoms with Crippen molar-refractivity contribution in [3.63, 3.8) is 0 Å². The Bertz CT molecular complexity index is 1040. The van der Waals surface area contributed by atoms with Crippen LogP contribution in [0.4, 0.5) is 0 Å². The highest BCUT2D eigenvalue weighted by molar-refractivity contribution is 5.23. The number of benzene rings is 4. The zero-order chi connectivity index (χ0) is 29.5. The van der Waals surface area contributed by atoms with Gasteiger partial charge in [0.25, 0.3) is 0 Å². The molecule has 0 fully saturated rings. The van der Waals surface area contributed by atoms with E-state index in [9.17, 15) is 0 Å². The first kappa shape index (κ1) is 49.6. The van der Waals surface area contributed by atoms with Crippen LogP contribution in [-0.4, -0.2) is 0 Å². The Morgan fingerprint density at radius 3 is 0.837 bits per heavy atom. The number of rotatable bonds is 4. The minimum absolute atomic E-state index is 0. The Morgan fingerprint density at radius 1 is 0.326 bits per heavy atom. The van der Waals surface area contributed by atoms with Crippen molar-refractivity contribution in [2.24, 2.45) is 0 Å². The quantitative estimate of drug-likeness (QED) is 0.222. The number of aryl methyl sites for hydroxylation is 8. The van der Waals surface area contributed by atoms with Crippen LogP contribution < -0.4 is 0 Å². The zero-order valence-electron chi connectivity index (χ0n) is 26.8. The van der Waals surface area contributed by atoms with Crippen molar-refractivity contribution in [1.29, 1.82) is 0 Å². The van der Waals surface area contributed by atoms with Crippen molar-refractivity contribution in [3.05, 3.63) is 142 Å². The summed E-state index contributed by atoms with van der Waals surface area (Å²) in [5.41, 5.74) is 11.0. The average Bonchev–Trinajstić information content (AvgIpc) is 2.95. The van der Waals surface area contributed by atoms with Crippen molar-refractivity contribution in [2.45, 2.75) is 131 Å². The summed E-state index contributed by atoms with van der Waals surface area (Å²) in [6, 6.07) is 34.4. The van der Waals surface area contributed by atoms with Crippen LogP contribution in [0.3, 0.4) is 0 Å². The van der Waals surface area contributed by atoms with Crippen molar-refractivity contribution in [1.82, 2.24) is 0 Å². The zero-order valence-corrected chi connectivity index (χ0v) is 26.8. The van der Waals surface area contributed by atoms with E-state index in [2.05, 4.69) is 166 Å². The summed E-state index contributed by atoms with van der Waals surface area (Å²) in [5.74, 6) is 0. The van der Waals surface area contributed by atoms with Crippen molar-refractivity contribution in [3.8, 4) is 0 Å². The Kier molecular flexibility index (Phi) is 36.7. The van der Waals surface area contributed by atoms with Crippen LogP contribution in [0.1, 0.15) is 122 Å². The van der Waals surface area contributed by atoms with E-state index in [1.165, 1.54) is 57.3 Å². The van der Waals surface area contributed by atoms with E-state index in [0.717, 1.165) is 19.3 Å². The highest BCUT2D eigenvalue weighted by Crippen LogP contribution is 2.05. The van der Waals surface area contributed by atoms with Crippen molar-refractivity contribution in [2.75, 3.05) is 0 Å². The third kappa shape index (κ3) is 27.5. The van der Waals surface area contributed by atoms with Gasteiger partial charge in [-0.05, 0) is 70.6 Å². The van der Waals surface area contributed by atoms with Crippen LogP contribution in [-0.2, 0) is 19.3 Å². The summed E-state index contributed by atoms with van der Waals surface area (Å²) in [6.07, 6.45) is 6.07. The first-order valence-corrected chi connectivity index (χ1v) is 14.9. The van der Waals surface area contributed by atoms with E-state index in [1.807, 2.05) is 0 Å². The second kappa shape index (κ2) is 31.8. The molecule has 0 heterocycles. The van der Waals surface area contributed by atoms with Crippen molar-refractivity contribution >= 4 is 0 Å². The lowest BCUT2D eigenvalue weighted by molar-refractivity contribution is 0.886. The lowest BCUT2D eigenvalue weighted by Crippen LogP contribution is -1.81. The van der Waals surface area contributed by atoms with Crippen molar-refractivity contribution < 1.29 is 0 Å². The lowest BCUT2D eigenvalue weighted by Gasteiger charge is -1.97. The number of unbranched alkanes of at least 4 members (excludes halogenated alkanes) is 1. The summed E-state index contributed by atoms with van der Waals surface area (Å²) in [6.45, 7) is 21.4. The standard InChI is InChI=1S/C10H14.C9H12.2C8H10.C4H10.4CH4/c1-3-9-5-7-10(4-2)8-6-9;1-3-9-6-4-5-8(2)7-9;1-7-3-5-8(2)6-4-7;1-7-4-3-5-8(2)6-7;1-3-4-2;;;;/h5-8H,3-4H2,1-2H3;4-7H,3H2,1-2H3;2*3-6H,1-2H3;3-4H2,1-2H3;4*1H4. The molecule has 0 unspecified atom stereocenters. The van der Waals surface area contributed by atoms with E-state index in [-0.39, 0.29) is 29.7 Å². The summed E-state index contributed by atoms with van der Waals surface area (Å²) < 4.78 is 0. The molecule has 0 bridgehead atoms. The van der Waals surface area contributed by atoms with E-state index < -0.39 is 0 Å². The monoisotopic (exact) mass is 589 g/mol. The lowest BCUT2D eigenvalue weighted by atomic mass is 10.1. The van der Waals surface area contributed by atoms with Gasteiger partial charge in [0, 0.05) is 0 Å². The second-order valence-electron chi connectivity index (χ2n) is 10.2. The molecule has 0 atom stereocenters. The Labute approximate surface area is 272 Å². The molecular formula is C43H72. The highest BCUT2D eigenvalue weighted by atomic mass is 13.9. The molecule has 0 nitrogen and oxygen atoms in total. The molecule has 0 amide bonds. The topological polar surface area (TPSA) is 0 Å². The van der Waals surface area contributed by atoms with Gasteiger partial charge in [-0.1, -0.05) is 202 Å². The molecule has 0 spiro atoms. The molecule has 0 heteroatoms. The Hall–Kier alpha value is -3.12. The van der Waals surface area contributed by atoms with Gasteiger partial charge in [0.2, 0.25) is 0 Å². The van der Waals surface area contributed by atoms with Crippen LogP contribution in [0.5, 0.6) is 0 Å². The molecule has 4 aromatic carbocycles. The highest BCUT2D eigenvalue weighted by Gasteiger charge is 1.88. The van der Waals surface area contributed by atoms with Crippen LogP contribution in [0.2, 0.25) is 0 Å². The first-order chi connectivity index (χ1) is 18.7. The molecule has 0 saturated heterocycles. The van der Waals surface area contributed by atoms with E-state index in [4.69, 9.17) is 0 Å². The van der Waals surface area contributed by atoms with Crippen LogP contribution >= 0.6 is 0 Å². The Morgan fingerprint density at radius 2 is 0.628 bits per heavy atom. The summed E-state index contributed by atoms with van der Waals surface area (Å²) >= 11 is 0.